The molecule has 0 saturated carbocycles. The minimum Gasteiger partial charge on any atom is -0.425 e. The summed E-state index contributed by atoms with van der Waals surface area (Å²) in [6.07, 6.45) is 2.84. The Kier molecular flexibility index (Phi) is 3.78. The molecule has 2 rings (SSSR count). The van der Waals surface area contributed by atoms with Crippen molar-refractivity contribution in [3.05, 3.63) is 41.9 Å². The van der Waals surface area contributed by atoms with E-state index in [1.807, 2.05) is 49.3 Å². The number of rotatable bonds is 4. The van der Waals surface area contributed by atoms with Crippen molar-refractivity contribution in [3.8, 4) is 6.07 Å². The molecule has 2 aromatic rings. The van der Waals surface area contributed by atoms with Gasteiger partial charge in [0.15, 0.2) is 6.39 Å². The Hall–Kier alpha value is -2.81. The number of aromatic nitrogens is 1. The Labute approximate surface area is 111 Å². The van der Waals surface area contributed by atoms with Crippen LogP contribution in [0.25, 0.3) is 0 Å². The summed E-state index contributed by atoms with van der Waals surface area (Å²) in [5.74, 6) is 0.240. The standard InChI is InChI=1S/C13H13N5O/c1-18(2)11-5-3-10(4-6-11)8-16-17-13-12(7-14)15-9-19-13/h3-6,8-9,17H,1-2H3/b16-8-. The van der Waals surface area contributed by atoms with Gasteiger partial charge in [0, 0.05) is 19.8 Å². The van der Waals surface area contributed by atoms with Crippen LogP contribution in [-0.2, 0) is 0 Å². The van der Waals surface area contributed by atoms with E-state index in [0.717, 1.165) is 11.3 Å². The van der Waals surface area contributed by atoms with Gasteiger partial charge >= 0.3 is 0 Å². The van der Waals surface area contributed by atoms with E-state index in [2.05, 4.69) is 15.5 Å². The van der Waals surface area contributed by atoms with Crippen molar-refractivity contribution in [2.75, 3.05) is 24.4 Å². The van der Waals surface area contributed by atoms with Gasteiger partial charge in [-0.3, -0.25) is 0 Å². The fraction of sp³-hybridized carbons (Fsp3) is 0.154. The molecule has 1 aromatic heterocycles. The lowest BCUT2D eigenvalue weighted by Crippen LogP contribution is -2.08. The molecule has 1 N–H and O–H groups in total. The van der Waals surface area contributed by atoms with Crippen LogP contribution in [0.5, 0.6) is 0 Å². The highest BCUT2D eigenvalue weighted by Gasteiger charge is 2.04. The molecule has 1 heterocycles. The van der Waals surface area contributed by atoms with Crippen molar-refractivity contribution in [2.45, 2.75) is 0 Å². The Morgan fingerprint density at radius 3 is 2.74 bits per heavy atom. The fourth-order valence-electron chi connectivity index (χ4n) is 1.43. The Morgan fingerprint density at radius 2 is 2.11 bits per heavy atom. The summed E-state index contributed by atoms with van der Waals surface area (Å²) in [6, 6.07) is 9.79. The lowest BCUT2D eigenvalue weighted by molar-refractivity contribution is 0.570. The minimum atomic E-state index is 0.181. The number of hydrogen-bond acceptors (Lipinski definition) is 6. The van der Waals surface area contributed by atoms with E-state index in [-0.39, 0.29) is 11.6 Å². The van der Waals surface area contributed by atoms with Gasteiger partial charge in [-0.05, 0) is 17.7 Å². The van der Waals surface area contributed by atoms with E-state index in [0.29, 0.717) is 0 Å². The van der Waals surface area contributed by atoms with Crippen LogP contribution in [0.4, 0.5) is 11.6 Å². The molecule has 0 amide bonds. The zero-order valence-electron chi connectivity index (χ0n) is 10.7. The van der Waals surface area contributed by atoms with Crippen LogP contribution in [0.1, 0.15) is 11.3 Å². The Bertz CT molecular complexity index is 607. The normalized spacial score (nSPS) is 10.4. The number of nitrogens with zero attached hydrogens (tertiary/aromatic N) is 4. The average Bonchev–Trinajstić information content (AvgIpc) is 2.87. The summed E-state index contributed by atoms with van der Waals surface area (Å²) in [6.45, 7) is 0. The molecule has 0 fully saturated rings. The third-order valence-corrected chi connectivity index (χ3v) is 2.46. The molecule has 6 nitrogen and oxygen atoms in total. The highest BCUT2D eigenvalue weighted by Crippen LogP contribution is 2.13. The second-order valence-corrected chi connectivity index (χ2v) is 4.00. The maximum atomic E-state index is 8.74. The van der Waals surface area contributed by atoms with Gasteiger partial charge in [0.2, 0.25) is 5.69 Å². The first kappa shape index (κ1) is 12.6. The molecule has 0 saturated heterocycles. The van der Waals surface area contributed by atoms with Crippen LogP contribution < -0.4 is 10.3 Å². The van der Waals surface area contributed by atoms with E-state index in [9.17, 15) is 0 Å². The maximum absolute atomic E-state index is 8.74. The quantitative estimate of drug-likeness (QED) is 0.668. The van der Waals surface area contributed by atoms with Crippen LogP contribution in [0, 0.1) is 11.3 Å². The first-order valence-corrected chi connectivity index (χ1v) is 5.61. The van der Waals surface area contributed by atoms with Crippen LogP contribution in [0.15, 0.2) is 40.2 Å². The molecule has 6 heteroatoms. The molecule has 0 spiro atoms. The summed E-state index contributed by atoms with van der Waals surface area (Å²) < 4.78 is 4.98. The van der Waals surface area contributed by atoms with Crippen molar-refractivity contribution in [3.63, 3.8) is 0 Å². The van der Waals surface area contributed by atoms with Crippen molar-refractivity contribution in [1.29, 1.82) is 5.26 Å². The monoisotopic (exact) mass is 255 g/mol. The number of hydrazone groups is 1. The summed E-state index contributed by atoms with van der Waals surface area (Å²) in [7, 11) is 3.97. The number of anilines is 2. The average molecular weight is 255 g/mol. The molecule has 0 unspecified atom stereocenters. The Balaban J connectivity index is 2.01. The lowest BCUT2D eigenvalue weighted by atomic mass is 10.2. The third-order valence-electron chi connectivity index (χ3n) is 2.46. The number of oxazole rings is 1. The molecule has 0 atom stereocenters. The number of benzene rings is 1. The highest BCUT2D eigenvalue weighted by molar-refractivity contribution is 5.80. The predicted octanol–water partition coefficient (Wildman–Crippen LogP) is 2.06. The number of nitriles is 1. The van der Waals surface area contributed by atoms with Crippen molar-refractivity contribution in [1.82, 2.24) is 4.98 Å². The van der Waals surface area contributed by atoms with E-state index in [1.165, 1.54) is 6.39 Å². The lowest BCUT2D eigenvalue weighted by Gasteiger charge is -2.11. The van der Waals surface area contributed by atoms with Crippen LogP contribution in [-0.4, -0.2) is 25.3 Å². The predicted molar refractivity (Wildman–Crippen MR) is 73.2 cm³/mol. The van der Waals surface area contributed by atoms with E-state index in [1.54, 1.807) is 6.21 Å². The molecular weight excluding hydrogens is 242 g/mol. The van der Waals surface area contributed by atoms with Crippen molar-refractivity contribution < 1.29 is 4.42 Å². The molecule has 0 radical (unpaired) electrons. The topological polar surface area (TPSA) is 77.4 Å². The zero-order valence-corrected chi connectivity index (χ0v) is 10.7. The van der Waals surface area contributed by atoms with E-state index >= 15 is 0 Å². The first-order valence-electron chi connectivity index (χ1n) is 5.61. The molecule has 0 aliphatic heterocycles. The molecule has 0 aliphatic carbocycles. The van der Waals surface area contributed by atoms with Gasteiger partial charge in [0.25, 0.3) is 5.88 Å². The van der Waals surface area contributed by atoms with E-state index in [4.69, 9.17) is 9.68 Å². The summed E-state index contributed by atoms with van der Waals surface area (Å²) in [4.78, 5) is 5.74. The maximum Gasteiger partial charge on any atom is 0.251 e. The van der Waals surface area contributed by atoms with Crippen molar-refractivity contribution in [2.24, 2.45) is 5.10 Å². The number of hydrogen-bond donors (Lipinski definition) is 1. The minimum absolute atomic E-state index is 0.181. The third kappa shape index (κ3) is 3.10. The molecule has 96 valence electrons. The van der Waals surface area contributed by atoms with Crippen molar-refractivity contribution >= 4 is 17.8 Å². The van der Waals surface area contributed by atoms with Gasteiger partial charge < -0.3 is 9.32 Å². The molecule has 0 bridgehead atoms. The number of nitrogens with one attached hydrogen (secondary N) is 1. The van der Waals surface area contributed by atoms with Gasteiger partial charge in [0.05, 0.1) is 6.21 Å². The van der Waals surface area contributed by atoms with Gasteiger partial charge in [0.1, 0.15) is 6.07 Å². The van der Waals surface area contributed by atoms with Gasteiger partial charge in [-0.15, -0.1) is 0 Å². The van der Waals surface area contributed by atoms with Crippen LogP contribution in [0.3, 0.4) is 0 Å². The zero-order chi connectivity index (χ0) is 13.7. The smallest absolute Gasteiger partial charge is 0.251 e. The first-order chi connectivity index (χ1) is 9.20. The van der Waals surface area contributed by atoms with Crippen LogP contribution in [0.2, 0.25) is 0 Å². The highest BCUT2D eigenvalue weighted by atomic mass is 16.4. The molecule has 19 heavy (non-hydrogen) atoms. The summed E-state index contributed by atoms with van der Waals surface area (Å²) in [5.41, 5.74) is 4.88. The second-order valence-electron chi connectivity index (χ2n) is 4.00. The molecular formula is C13H13N5O. The molecule has 1 aromatic carbocycles. The second kappa shape index (κ2) is 5.69. The summed E-state index contributed by atoms with van der Waals surface area (Å²) >= 11 is 0. The SMILES string of the molecule is CN(C)c1ccc(/C=N\Nc2ocnc2C#N)cc1. The van der Waals surface area contributed by atoms with Gasteiger partial charge in [-0.2, -0.15) is 10.4 Å². The molecule has 0 aliphatic rings. The fourth-order valence-corrected chi connectivity index (χ4v) is 1.43. The van der Waals surface area contributed by atoms with E-state index < -0.39 is 0 Å². The van der Waals surface area contributed by atoms with Crippen LogP contribution >= 0.6 is 0 Å². The largest absolute Gasteiger partial charge is 0.425 e. The van der Waals surface area contributed by atoms with Gasteiger partial charge in [-0.25, -0.2) is 10.4 Å². The van der Waals surface area contributed by atoms with Gasteiger partial charge in [-0.1, -0.05) is 12.1 Å². The summed E-state index contributed by atoms with van der Waals surface area (Å²) in [5, 5.41) is 12.7. The Morgan fingerprint density at radius 1 is 1.37 bits per heavy atom.